The monoisotopic (exact) mass is 125 g/mol. The van der Waals surface area contributed by atoms with Gasteiger partial charge in [0.2, 0.25) is 0 Å². The van der Waals surface area contributed by atoms with Crippen LogP contribution in [0.4, 0.5) is 0 Å². The van der Waals surface area contributed by atoms with Crippen LogP contribution in [0.5, 0.6) is 0 Å². The highest BCUT2D eigenvalue weighted by Crippen LogP contribution is 2.60. The number of hydrogen-bond donors (Lipinski definition) is 1. The van der Waals surface area contributed by atoms with E-state index < -0.39 is 0 Å². The molecule has 1 saturated heterocycles. The van der Waals surface area contributed by atoms with Gasteiger partial charge in [-0.15, -0.1) is 0 Å². The minimum absolute atomic E-state index is 0.590. The van der Waals surface area contributed by atoms with Crippen molar-refractivity contribution in [3.8, 4) is 0 Å². The third-order valence-corrected chi connectivity index (χ3v) is 3.32. The Bertz CT molecular complexity index is 130. The van der Waals surface area contributed by atoms with E-state index in [4.69, 9.17) is 0 Å². The van der Waals surface area contributed by atoms with E-state index in [0.717, 1.165) is 5.41 Å². The Labute approximate surface area is 56.8 Å². The fourth-order valence-electron chi connectivity index (χ4n) is 2.05. The Hall–Kier alpha value is -0.0400. The van der Waals surface area contributed by atoms with E-state index in [1.165, 1.54) is 25.9 Å². The first kappa shape index (κ1) is 5.72. The lowest BCUT2D eigenvalue weighted by atomic mass is 9.79. The summed E-state index contributed by atoms with van der Waals surface area (Å²) in [4.78, 5) is 0. The van der Waals surface area contributed by atoms with E-state index in [1.54, 1.807) is 0 Å². The van der Waals surface area contributed by atoms with Crippen LogP contribution in [0.1, 0.15) is 26.7 Å². The molecule has 0 atom stereocenters. The summed E-state index contributed by atoms with van der Waals surface area (Å²) in [7, 11) is 0. The first-order valence-electron chi connectivity index (χ1n) is 3.87. The maximum absolute atomic E-state index is 3.47. The lowest BCUT2D eigenvalue weighted by molar-refractivity contribution is 0.266. The lowest BCUT2D eigenvalue weighted by Gasteiger charge is -2.24. The highest BCUT2D eigenvalue weighted by molar-refractivity contribution is 5.09. The number of nitrogens with one attached hydrogen (secondary N) is 1. The van der Waals surface area contributed by atoms with Crippen LogP contribution in [0, 0.1) is 10.8 Å². The van der Waals surface area contributed by atoms with Gasteiger partial charge in [0.15, 0.2) is 0 Å². The molecule has 0 amide bonds. The molecule has 1 saturated carbocycles. The summed E-state index contributed by atoms with van der Waals surface area (Å²) in [6.07, 6.45) is 2.93. The van der Waals surface area contributed by atoms with Crippen LogP contribution in [0.15, 0.2) is 0 Å². The topological polar surface area (TPSA) is 12.0 Å². The van der Waals surface area contributed by atoms with Crippen molar-refractivity contribution in [2.45, 2.75) is 26.7 Å². The van der Waals surface area contributed by atoms with Gasteiger partial charge in [-0.3, -0.25) is 0 Å². The summed E-state index contributed by atoms with van der Waals surface area (Å²) in [5.74, 6) is 0. The van der Waals surface area contributed by atoms with Gasteiger partial charge in [0.05, 0.1) is 0 Å². The predicted molar refractivity (Wildman–Crippen MR) is 38.3 cm³/mol. The van der Waals surface area contributed by atoms with Crippen molar-refractivity contribution < 1.29 is 0 Å². The van der Waals surface area contributed by atoms with Crippen LogP contribution in [-0.4, -0.2) is 13.1 Å². The Morgan fingerprint density at radius 2 is 1.78 bits per heavy atom. The summed E-state index contributed by atoms with van der Waals surface area (Å²) in [6.45, 7) is 7.28. The molecule has 1 heterocycles. The van der Waals surface area contributed by atoms with Gasteiger partial charge in [-0.25, -0.2) is 0 Å². The third-order valence-electron chi connectivity index (χ3n) is 3.32. The molecule has 1 aliphatic heterocycles. The van der Waals surface area contributed by atoms with E-state index in [-0.39, 0.29) is 0 Å². The van der Waals surface area contributed by atoms with Crippen LogP contribution in [0.3, 0.4) is 0 Å². The Balaban J connectivity index is 2.23. The van der Waals surface area contributed by atoms with Crippen molar-refractivity contribution in [3.63, 3.8) is 0 Å². The molecule has 2 fully saturated rings. The average Bonchev–Trinajstić information content (AvgIpc) is 2.41. The molecule has 0 aromatic heterocycles. The summed E-state index contributed by atoms with van der Waals surface area (Å²) < 4.78 is 0. The van der Waals surface area contributed by atoms with E-state index in [9.17, 15) is 0 Å². The van der Waals surface area contributed by atoms with Crippen molar-refractivity contribution in [2.24, 2.45) is 10.8 Å². The zero-order valence-corrected chi connectivity index (χ0v) is 6.33. The fraction of sp³-hybridized carbons (Fsp3) is 1.00. The number of hydrogen-bond acceptors (Lipinski definition) is 1. The SMILES string of the molecule is CC1(C)CNCC12CC2. The van der Waals surface area contributed by atoms with E-state index in [0.29, 0.717) is 5.41 Å². The molecule has 0 bridgehead atoms. The van der Waals surface area contributed by atoms with Crippen molar-refractivity contribution >= 4 is 0 Å². The maximum atomic E-state index is 3.47. The zero-order valence-electron chi connectivity index (χ0n) is 6.33. The Kier molecular flexibility index (Phi) is 0.852. The number of rotatable bonds is 0. The molecule has 0 aromatic rings. The molecule has 2 rings (SSSR count). The average molecular weight is 125 g/mol. The van der Waals surface area contributed by atoms with Gasteiger partial charge in [-0.2, -0.15) is 0 Å². The van der Waals surface area contributed by atoms with Crippen LogP contribution in [0.25, 0.3) is 0 Å². The van der Waals surface area contributed by atoms with Crippen LogP contribution < -0.4 is 5.32 Å². The molecule has 2 aliphatic rings. The molecule has 1 spiro atoms. The minimum Gasteiger partial charge on any atom is -0.316 e. The summed E-state index contributed by atoms with van der Waals surface area (Å²) in [5, 5.41) is 3.47. The van der Waals surface area contributed by atoms with Crippen LogP contribution in [0.2, 0.25) is 0 Å². The molecule has 1 N–H and O–H groups in total. The van der Waals surface area contributed by atoms with Crippen LogP contribution >= 0.6 is 0 Å². The zero-order chi connectivity index (χ0) is 6.54. The maximum Gasteiger partial charge on any atom is 0.00136 e. The standard InChI is InChI=1S/C8H15N/c1-7(2)5-9-6-8(7)3-4-8/h9H,3-6H2,1-2H3. The molecule has 0 radical (unpaired) electrons. The first-order valence-corrected chi connectivity index (χ1v) is 3.87. The molecule has 1 aliphatic carbocycles. The Morgan fingerprint density at radius 3 is 2.00 bits per heavy atom. The minimum atomic E-state index is 0.590. The molecule has 52 valence electrons. The van der Waals surface area contributed by atoms with Crippen molar-refractivity contribution in [1.29, 1.82) is 0 Å². The highest BCUT2D eigenvalue weighted by atomic mass is 15.0. The fourth-order valence-corrected chi connectivity index (χ4v) is 2.05. The van der Waals surface area contributed by atoms with Crippen molar-refractivity contribution in [1.82, 2.24) is 5.32 Å². The van der Waals surface area contributed by atoms with E-state index in [1.807, 2.05) is 0 Å². The molecular formula is C8H15N. The molecular weight excluding hydrogens is 110 g/mol. The molecule has 9 heavy (non-hydrogen) atoms. The molecule has 0 unspecified atom stereocenters. The molecule has 1 heteroatoms. The quantitative estimate of drug-likeness (QED) is 0.516. The largest absolute Gasteiger partial charge is 0.316 e. The summed E-state index contributed by atoms with van der Waals surface area (Å²) in [5.41, 5.74) is 1.32. The van der Waals surface area contributed by atoms with E-state index >= 15 is 0 Å². The molecule has 0 aromatic carbocycles. The van der Waals surface area contributed by atoms with Gasteiger partial charge >= 0.3 is 0 Å². The second-order valence-electron chi connectivity index (χ2n) is 4.27. The normalized spacial score (nSPS) is 35.3. The lowest BCUT2D eigenvalue weighted by Crippen LogP contribution is -2.23. The van der Waals surface area contributed by atoms with Gasteiger partial charge < -0.3 is 5.32 Å². The van der Waals surface area contributed by atoms with Gasteiger partial charge in [0.1, 0.15) is 0 Å². The third kappa shape index (κ3) is 0.586. The van der Waals surface area contributed by atoms with Gasteiger partial charge in [0, 0.05) is 13.1 Å². The smallest absolute Gasteiger partial charge is 0.00136 e. The second-order valence-corrected chi connectivity index (χ2v) is 4.27. The predicted octanol–water partition coefficient (Wildman–Crippen LogP) is 1.40. The van der Waals surface area contributed by atoms with Crippen molar-refractivity contribution in [3.05, 3.63) is 0 Å². The van der Waals surface area contributed by atoms with Crippen molar-refractivity contribution in [2.75, 3.05) is 13.1 Å². The van der Waals surface area contributed by atoms with E-state index in [2.05, 4.69) is 19.2 Å². The van der Waals surface area contributed by atoms with Gasteiger partial charge in [-0.05, 0) is 23.7 Å². The molecule has 1 nitrogen and oxygen atoms in total. The first-order chi connectivity index (χ1) is 4.16. The van der Waals surface area contributed by atoms with Gasteiger partial charge in [-0.1, -0.05) is 13.8 Å². The summed E-state index contributed by atoms with van der Waals surface area (Å²) in [6, 6.07) is 0. The van der Waals surface area contributed by atoms with Crippen LogP contribution in [-0.2, 0) is 0 Å². The summed E-state index contributed by atoms with van der Waals surface area (Å²) >= 11 is 0. The second kappa shape index (κ2) is 1.34. The van der Waals surface area contributed by atoms with Gasteiger partial charge in [0.25, 0.3) is 0 Å². The highest BCUT2D eigenvalue weighted by Gasteiger charge is 2.56. The Morgan fingerprint density at radius 1 is 1.11 bits per heavy atom.